The number of carbonyl (C=O) groups excluding carboxylic acids is 2. The molecular weight excluding hydrogens is 1070 g/mol. The molecule has 0 rings (SSSR count). The van der Waals surface area contributed by atoms with Gasteiger partial charge in [0.15, 0.2) is 0 Å². The van der Waals surface area contributed by atoms with Gasteiger partial charge in [-0.1, -0.05) is 391 Å². The average Bonchev–Trinajstić information content (AvgIpc) is 3.52. The molecule has 516 valence electrons. The van der Waals surface area contributed by atoms with Crippen LogP contribution in [0.3, 0.4) is 0 Å². The zero-order valence-corrected chi connectivity index (χ0v) is 59.3. The third kappa shape index (κ3) is 73.3. The summed E-state index contributed by atoms with van der Waals surface area (Å²) in [7, 11) is 0. The van der Waals surface area contributed by atoms with Crippen molar-refractivity contribution in [3.8, 4) is 0 Å². The van der Waals surface area contributed by atoms with Crippen molar-refractivity contribution in [2.75, 3.05) is 13.2 Å². The topological polar surface area (TPSA) is 95.9 Å². The molecule has 0 aromatic heterocycles. The number of rotatable bonds is 76. The van der Waals surface area contributed by atoms with Gasteiger partial charge in [0.25, 0.3) is 0 Å². The maximum atomic E-state index is 12.6. The van der Waals surface area contributed by atoms with Gasteiger partial charge >= 0.3 is 5.97 Å². The van der Waals surface area contributed by atoms with Crippen LogP contribution in [0.4, 0.5) is 0 Å². The molecule has 6 heteroatoms. The summed E-state index contributed by atoms with van der Waals surface area (Å²) in [5, 5.41) is 23.5. The second-order valence-electron chi connectivity index (χ2n) is 27.7. The fourth-order valence-electron chi connectivity index (χ4n) is 12.9. The molecule has 2 atom stereocenters. The van der Waals surface area contributed by atoms with Crippen LogP contribution in [-0.4, -0.2) is 47.4 Å². The second kappa shape index (κ2) is 76.8. The van der Waals surface area contributed by atoms with Gasteiger partial charge in [-0.15, -0.1) is 0 Å². The quantitative estimate of drug-likeness (QED) is 0.0320. The third-order valence-electron chi connectivity index (χ3n) is 19.0. The fourth-order valence-corrected chi connectivity index (χ4v) is 12.9. The maximum absolute atomic E-state index is 12.6. The van der Waals surface area contributed by atoms with Crippen LogP contribution in [0.2, 0.25) is 0 Å². The smallest absolute Gasteiger partial charge is 0.305 e. The zero-order valence-electron chi connectivity index (χ0n) is 59.3. The van der Waals surface area contributed by atoms with Crippen molar-refractivity contribution < 1.29 is 24.5 Å². The largest absolute Gasteiger partial charge is 0.466 e. The van der Waals surface area contributed by atoms with Crippen molar-refractivity contribution >= 4 is 11.9 Å². The minimum Gasteiger partial charge on any atom is -0.466 e. The monoisotopic (exact) mass is 1220 g/mol. The number of ether oxygens (including phenoxy) is 1. The van der Waals surface area contributed by atoms with Crippen LogP contribution in [0.1, 0.15) is 457 Å². The van der Waals surface area contributed by atoms with Crippen LogP contribution in [0.15, 0.2) is 24.3 Å². The van der Waals surface area contributed by atoms with E-state index in [4.69, 9.17) is 4.74 Å². The molecule has 87 heavy (non-hydrogen) atoms. The van der Waals surface area contributed by atoms with Crippen molar-refractivity contribution in [2.24, 2.45) is 0 Å². The van der Waals surface area contributed by atoms with E-state index in [0.717, 1.165) is 44.9 Å². The number of allylic oxidation sites excluding steroid dienone is 4. The number of amides is 1. The van der Waals surface area contributed by atoms with E-state index in [9.17, 15) is 19.8 Å². The molecule has 6 nitrogen and oxygen atoms in total. The molecule has 0 radical (unpaired) electrons. The van der Waals surface area contributed by atoms with E-state index < -0.39 is 12.1 Å². The van der Waals surface area contributed by atoms with Crippen LogP contribution >= 0.6 is 0 Å². The first kappa shape index (κ1) is 85.3. The molecule has 0 spiro atoms. The van der Waals surface area contributed by atoms with E-state index in [2.05, 4.69) is 43.5 Å². The molecule has 2 unspecified atom stereocenters. The predicted molar refractivity (Wildman–Crippen MR) is 384 cm³/mol. The summed E-state index contributed by atoms with van der Waals surface area (Å²) in [5.41, 5.74) is 0. The van der Waals surface area contributed by atoms with Gasteiger partial charge in [-0.2, -0.15) is 0 Å². The van der Waals surface area contributed by atoms with Crippen LogP contribution in [0.25, 0.3) is 0 Å². The van der Waals surface area contributed by atoms with Crippen molar-refractivity contribution in [2.45, 2.75) is 469 Å². The van der Waals surface area contributed by atoms with E-state index in [1.54, 1.807) is 0 Å². The number of hydrogen-bond acceptors (Lipinski definition) is 5. The molecule has 0 saturated heterocycles. The number of esters is 1. The van der Waals surface area contributed by atoms with Crippen LogP contribution in [0, 0.1) is 0 Å². The molecule has 0 heterocycles. The van der Waals surface area contributed by atoms with Gasteiger partial charge in [-0.05, 0) is 77.0 Å². The lowest BCUT2D eigenvalue weighted by Crippen LogP contribution is -2.45. The van der Waals surface area contributed by atoms with Gasteiger partial charge < -0.3 is 20.3 Å². The van der Waals surface area contributed by atoms with Gasteiger partial charge in [0.05, 0.1) is 25.4 Å². The number of hydrogen-bond donors (Lipinski definition) is 3. The summed E-state index contributed by atoms with van der Waals surface area (Å²) in [6.07, 6.45) is 98.4. The molecule has 3 N–H and O–H groups in total. The summed E-state index contributed by atoms with van der Waals surface area (Å²) >= 11 is 0. The Labute approximate surface area is 545 Å². The van der Waals surface area contributed by atoms with E-state index in [-0.39, 0.29) is 18.5 Å². The van der Waals surface area contributed by atoms with Crippen LogP contribution in [0.5, 0.6) is 0 Å². The number of aliphatic hydroxyl groups is 2. The van der Waals surface area contributed by atoms with Crippen molar-refractivity contribution in [3.05, 3.63) is 24.3 Å². The van der Waals surface area contributed by atoms with Crippen LogP contribution < -0.4 is 5.32 Å². The lowest BCUT2D eigenvalue weighted by atomic mass is 10.0. The van der Waals surface area contributed by atoms with Gasteiger partial charge in [-0.25, -0.2) is 0 Å². The van der Waals surface area contributed by atoms with Crippen LogP contribution in [-0.2, 0) is 14.3 Å². The summed E-state index contributed by atoms with van der Waals surface area (Å²) in [6.45, 7) is 5.00. The first-order chi connectivity index (χ1) is 43.0. The summed E-state index contributed by atoms with van der Waals surface area (Å²) in [5.74, 6) is -0.0181. The molecule has 0 aromatic carbocycles. The fraction of sp³-hybridized carbons (Fsp3) is 0.926. The molecule has 0 aliphatic carbocycles. The molecule has 0 aliphatic heterocycles. The Morgan fingerprint density at radius 3 is 0.816 bits per heavy atom. The van der Waals surface area contributed by atoms with Gasteiger partial charge in [0, 0.05) is 12.8 Å². The van der Waals surface area contributed by atoms with E-state index in [1.165, 1.54) is 379 Å². The normalized spacial score (nSPS) is 12.6. The molecule has 0 fully saturated rings. The summed E-state index contributed by atoms with van der Waals surface area (Å²) in [6, 6.07) is -0.542. The highest BCUT2D eigenvalue weighted by Crippen LogP contribution is 2.20. The Hall–Kier alpha value is -1.66. The predicted octanol–water partition coefficient (Wildman–Crippen LogP) is 26.4. The van der Waals surface area contributed by atoms with E-state index in [0.29, 0.717) is 25.9 Å². The second-order valence-corrected chi connectivity index (χ2v) is 27.7. The van der Waals surface area contributed by atoms with E-state index >= 15 is 0 Å². The van der Waals surface area contributed by atoms with Crippen molar-refractivity contribution in [3.63, 3.8) is 0 Å². The Kier molecular flexibility index (Phi) is 75.3. The number of nitrogens with one attached hydrogen (secondary N) is 1. The minimum atomic E-state index is -0.665. The van der Waals surface area contributed by atoms with Gasteiger partial charge in [0.2, 0.25) is 5.91 Å². The molecule has 0 saturated carbocycles. The first-order valence-electron chi connectivity index (χ1n) is 40.1. The Morgan fingerprint density at radius 2 is 0.540 bits per heavy atom. The van der Waals surface area contributed by atoms with Crippen molar-refractivity contribution in [1.82, 2.24) is 5.32 Å². The third-order valence-corrected chi connectivity index (χ3v) is 19.0. The Bertz CT molecular complexity index is 1360. The number of unbranched alkanes of at least 4 members (excludes halogenated alkanes) is 61. The SMILES string of the molecule is CCCCCCCCC/C=C\CCCCCCCC(=O)OCCCCCCCCCCCCCC/C=C\CCCCCCCCCCCCCCCC(=O)NC(CO)C(O)CCCCCCCCCCCCCCCCCCCCCCCCCCC. The zero-order chi connectivity index (χ0) is 62.8. The highest BCUT2D eigenvalue weighted by atomic mass is 16.5. The molecule has 0 bridgehead atoms. The molecule has 0 aliphatic rings. The van der Waals surface area contributed by atoms with E-state index in [1.807, 2.05) is 0 Å². The molecule has 0 aromatic rings. The Balaban J connectivity index is 3.37. The number of aliphatic hydroxyl groups excluding tert-OH is 2. The minimum absolute atomic E-state index is 0.0103. The highest BCUT2D eigenvalue weighted by Gasteiger charge is 2.20. The highest BCUT2D eigenvalue weighted by molar-refractivity contribution is 5.76. The average molecular weight is 1230 g/mol. The van der Waals surface area contributed by atoms with Gasteiger partial charge in [0.1, 0.15) is 0 Å². The first-order valence-corrected chi connectivity index (χ1v) is 40.1. The van der Waals surface area contributed by atoms with Gasteiger partial charge in [-0.3, -0.25) is 9.59 Å². The Morgan fingerprint density at radius 1 is 0.310 bits per heavy atom. The maximum Gasteiger partial charge on any atom is 0.305 e. The molecule has 1 amide bonds. The summed E-state index contributed by atoms with van der Waals surface area (Å²) < 4.78 is 5.50. The lowest BCUT2D eigenvalue weighted by Gasteiger charge is -2.22. The summed E-state index contributed by atoms with van der Waals surface area (Å²) in [4.78, 5) is 24.7. The van der Waals surface area contributed by atoms with Crippen molar-refractivity contribution in [1.29, 1.82) is 0 Å². The lowest BCUT2D eigenvalue weighted by molar-refractivity contribution is -0.143. The number of carbonyl (C=O) groups is 2. The standard InChI is InChI=1S/C81H157NO5/c1-3-5-7-9-11-13-15-17-19-21-22-23-24-30-33-36-39-42-45-49-53-57-61-65-69-73-79(84)78(77-83)82-80(85)74-70-66-62-58-54-50-46-43-40-37-34-31-28-26-25-27-29-32-35-38-41-44-48-52-56-60-64-68-72-76-87-81(86)75-71-67-63-59-55-51-47-20-18-16-14-12-10-8-6-4-2/h20,25,27,47,78-79,83-84H,3-19,21-24,26,28-46,48-77H2,1-2H3,(H,82,85)/b27-25-,47-20-. The molecular formula is C81H157NO5.